The van der Waals surface area contributed by atoms with Gasteiger partial charge in [0.1, 0.15) is 16.5 Å². The summed E-state index contributed by atoms with van der Waals surface area (Å²) < 4.78 is 33.8. The highest BCUT2D eigenvalue weighted by Crippen LogP contribution is 2.36. The molecule has 0 aliphatic rings. The molecule has 0 radical (unpaired) electrons. The minimum Gasteiger partial charge on any atom is -0.497 e. The molecule has 8 heteroatoms. The second-order valence-electron chi connectivity index (χ2n) is 6.40. The fourth-order valence-electron chi connectivity index (χ4n) is 3.09. The molecule has 3 aromatic rings. The van der Waals surface area contributed by atoms with E-state index < -0.39 is 9.84 Å². The number of carbonyl (C=O) groups is 1. The van der Waals surface area contributed by atoms with Crippen LogP contribution in [-0.4, -0.2) is 26.0 Å². The van der Waals surface area contributed by atoms with E-state index in [9.17, 15) is 13.2 Å². The highest BCUT2D eigenvalue weighted by Gasteiger charge is 2.30. The van der Waals surface area contributed by atoms with E-state index in [1.807, 2.05) is 6.92 Å². The van der Waals surface area contributed by atoms with Gasteiger partial charge in [-0.2, -0.15) is 0 Å². The van der Waals surface area contributed by atoms with Gasteiger partial charge in [0.25, 0.3) is 5.91 Å². The molecule has 152 valence electrons. The van der Waals surface area contributed by atoms with Crippen molar-refractivity contribution in [2.45, 2.75) is 30.2 Å². The summed E-state index contributed by atoms with van der Waals surface area (Å²) in [6, 6.07) is 9.66. The Kier molecular flexibility index (Phi) is 5.95. The number of nitrogens with one attached hydrogen (secondary N) is 1. The summed E-state index contributed by atoms with van der Waals surface area (Å²) in [4.78, 5) is 13.4. The lowest BCUT2D eigenvalue weighted by atomic mass is 10.3. The molecule has 0 saturated heterocycles. The van der Waals surface area contributed by atoms with Crippen molar-refractivity contribution in [1.29, 1.82) is 0 Å². The molecule has 0 spiro atoms. The lowest BCUT2D eigenvalue weighted by molar-refractivity contribution is 0.102. The number of sulfone groups is 1. The van der Waals surface area contributed by atoms with Crippen molar-refractivity contribution >= 4 is 32.9 Å². The number of nitrogens with zero attached hydrogens (tertiary/aromatic N) is 1. The monoisotopic (exact) mass is 430 g/mol. The standard InChI is InChI=1S/C21H22N2O4S2/c1-5-12-23-15(3)14(2)19(20(23)22-21(24)18-7-6-13-28-18)29(25,26)17-10-8-16(27-4)9-11-17/h5-11,13H,1,12H2,2-4H3,(H,22,24). The number of ether oxygens (including phenoxy) is 1. The third-order valence-electron chi connectivity index (χ3n) is 4.70. The van der Waals surface area contributed by atoms with Crippen molar-refractivity contribution in [3.63, 3.8) is 0 Å². The van der Waals surface area contributed by atoms with E-state index >= 15 is 0 Å². The maximum atomic E-state index is 13.5. The Bertz CT molecular complexity index is 1140. The predicted molar refractivity (Wildman–Crippen MR) is 115 cm³/mol. The van der Waals surface area contributed by atoms with Gasteiger partial charge in [-0.15, -0.1) is 17.9 Å². The van der Waals surface area contributed by atoms with E-state index in [1.165, 1.54) is 30.6 Å². The molecular weight excluding hydrogens is 408 g/mol. The number of methoxy groups -OCH3 is 1. The second kappa shape index (κ2) is 8.26. The zero-order valence-corrected chi connectivity index (χ0v) is 18.1. The van der Waals surface area contributed by atoms with Crippen molar-refractivity contribution in [3.8, 4) is 5.75 Å². The van der Waals surface area contributed by atoms with Crippen molar-refractivity contribution in [2.75, 3.05) is 12.4 Å². The lowest BCUT2D eigenvalue weighted by Gasteiger charge is -2.13. The van der Waals surface area contributed by atoms with Gasteiger partial charge >= 0.3 is 0 Å². The summed E-state index contributed by atoms with van der Waals surface area (Å²) >= 11 is 1.29. The quantitative estimate of drug-likeness (QED) is 0.562. The molecule has 1 N–H and O–H groups in total. The minimum absolute atomic E-state index is 0.0897. The zero-order chi connectivity index (χ0) is 21.2. The molecule has 2 aromatic heterocycles. The van der Waals surface area contributed by atoms with E-state index in [-0.39, 0.29) is 21.5 Å². The summed E-state index contributed by atoms with van der Waals surface area (Å²) in [6.07, 6.45) is 1.66. The van der Waals surface area contributed by atoms with E-state index in [0.717, 1.165) is 5.69 Å². The van der Waals surface area contributed by atoms with Crippen LogP contribution in [0.5, 0.6) is 5.75 Å². The molecule has 1 aromatic carbocycles. The number of rotatable bonds is 7. The molecular formula is C21H22N2O4S2. The fraction of sp³-hybridized carbons (Fsp3) is 0.190. The number of anilines is 1. The highest BCUT2D eigenvalue weighted by molar-refractivity contribution is 7.91. The van der Waals surface area contributed by atoms with E-state index in [2.05, 4.69) is 11.9 Å². The van der Waals surface area contributed by atoms with Crippen LogP contribution in [0.3, 0.4) is 0 Å². The van der Waals surface area contributed by atoms with E-state index in [0.29, 0.717) is 22.7 Å². The Morgan fingerprint density at radius 3 is 2.48 bits per heavy atom. The van der Waals surface area contributed by atoms with Gasteiger partial charge in [0.05, 0.1) is 16.9 Å². The van der Waals surface area contributed by atoms with Crippen LogP contribution in [0, 0.1) is 13.8 Å². The van der Waals surface area contributed by atoms with Crippen LogP contribution in [0.4, 0.5) is 5.82 Å². The van der Waals surface area contributed by atoms with Gasteiger partial charge in [-0.3, -0.25) is 4.79 Å². The summed E-state index contributed by atoms with van der Waals surface area (Å²) in [7, 11) is -2.36. The minimum atomic E-state index is -3.88. The molecule has 0 fully saturated rings. The maximum Gasteiger partial charge on any atom is 0.266 e. The van der Waals surface area contributed by atoms with Crippen LogP contribution in [0.1, 0.15) is 20.9 Å². The number of carbonyl (C=O) groups excluding carboxylic acids is 1. The Labute approximate surface area is 174 Å². The summed E-state index contributed by atoms with van der Waals surface area (Å²) in [5.41, 5.74) is 1.34. The maximum absolute atomic E-state index is 13.5. The zero-order valence-electron chi connectivity index (χ0n) is 16.4. The first-order valence-electron chi connectivity index (χ1n) is 8.85. The van der Waals surface area contributed by atoms with E-state index in [4.69, 9.17) is 4.74 Å². The van der Waals surface area contributed by atoms with Gasteiger partial charge in [-0.05, 0) is 55.1 Å². The van der Waals surface area contributed by atoms with Crippen LogP contribution < -0.4 is 10.1 Å². The number of allylic oxidation sites excluding steroid dienone is 1. The number of thiophene rings is 1. The van der Waals surface area contributed by atoms with Gasteiger partial charge < -0.3 is 14.6 Å². The van der Waals surface area contributed by atoms with Gasteiger partial charge in [0.15, 0.2) is 0 Å². The van der Waals surface area contributed by atoms with Gasteiger partial charge in [-0.1, -0.05) is 12.1 Å². The molecule has 0 aliphatic heterocycles. The Balaban J connectivity index is 2.17. The molecule has 1 amide bonds. The topological polar surface area (TPSA) is 77.4 Å². The molecule has 3 rings (SSSR count). The second-order valence-corrected chi connectivity index (χ2v) is 9.23. The van der Waals surface area contributed by atoms with Crippen LogP contribution in [-0.2, 0) is 16.4 Å². The summed E-state index contributed by atoms with van der Waals surface area (Å²) in [5, 5.41) is 4.60. The van der Waals surface area contributed by atoms with Crippen molar-refractivity contribution in [1.82, 2.24) is 4.57 Å². The van der Waals surface area contributed by atoms with Crippen molar-refractivity contribution in [3.05, 3.63) is 70.6 Å². The molecule has 29 heavy (non-hydrogen) atoms. The molecule has 0 aliphatic carbocycles. The number of benzene rings is 1. The highest BCUT2D eigenvalue weighted by atomic mass is 32.2. The van der Waals surface area contributed by atoms with Crippen molar-refractivity contribution in [2.24, 2.45) is 0 Å². The molecule has 0 bridgehead atoms. The van der Waals surface area contributed by atoms with Gasteiger partial charge in [0, 0.05) is 12.2 Å². The first kappa shape index (κ1) is 20.9. The fourth-order valence-corrected chi connectivity index (χ4v) is 5.41. The third-order valence-corrected chi connectivity index (χ3v) is 7.50. The molecule has 6 nitrogen and oxygen atoms in total. The van der Waals surface area contributed by atoms with E-state index in [1.54, 1.807) is 47.2 Å². The van der Waals surface area contributed by atoms with Crippen LogP contribution in [0.2, 0.25) is 0 Å². The number of aromatic nitrogens is 1. The number of amides is 1. The average Bonchev–Trinajstić information content (AvgIpc) is 3.32. The number of hydrogen-bond acceptors (Lipinski definition) is 5. The van der Waals surface area contributed by atoms with Crippen LogP contribution in [0.15, 0.2) is 64.2 Å². The smallest absolute Gasteiger partial charge is 0.266 e. The Morgan fingerprint density at radius 1 is 1.24 bits per heavy atom. The first-order chi connectivity index (χ1) is 13.8. The Hall–Kier alpha value is -2.84. The molecule has 2 heterocycles. The first-order valence-corrected chi connectivity index (χ1v) is 11.2. The van der Waals surface area contributed by atoms with Crippen LogP contribution >= 0.6 is 11.3 Å². The summed E-state index contributed by atoms with van der Waals surface area (Å²) in [5.74, 6) is 0.454. The van der Waals surface area contributed by atoms with Crippen LogP contribution in [0.25, 0.3) is 0 Å². The Morgan fingerprint density at radius 2 is 1.93 bits per heavy atom. The molecule has 0 saturated carbocycles. The van der Waals surface area contributed by atoms with Gasteiger partial charge in [-0.25, -0.2) is 8.42 Å². The molecule has 0 unspecified atom stereocenters. The SMILES string of the molecule is C=CCn1c(C)c(C)c(S(=O)(=O)c2ccc(OC)cc2)c1NC(=O)c1cccs1. The third kappa shape index (κ3) is 3.86. The average molecular weight is 431 g/mol. The largest absolute Gasteiger partial charge is 0.497 e. The van der Waals surface area contributed by atoms with Crippen molar-refractivity contribution < 1.29 is 17.9 Å². The number of hydrogen-bond donors (Lipinski definition) is 1. The lowest BCUT2D eigenvalue weighted by Crippen LogP contribution is -2.17. The molecule has 0 atom stereocenters. The normalized spacial score (nSPS) is 11.3. The van der Waals surface area contributed by atoms with Gasteiger partial charge in [0.2, 0.25) is 9.84 Å². The summed E-state index contributed by atoms with van der Waals surface area (Å²) in [6.45, 7) is 7.68. The predicted octanol–water partition coefficient (Wildman–Crippen LogP) is 4.45.